The number of aromatic nitrogens is 2. The molecule has 1 aromatic heterocycles. The van der Waals surface area contributed by atoms with Crippen molar-refractivity contribution in [2.24, 2.45) is 5.92 Å². The van der Waals surface area contributed by atoms with Crippen molar-refractivity contribution in [1.29, 1.82) is 0 Å². The minimum Gasteiger partial charge on any atom is -0.457 e. The van der Waals surface area contributed by atoms with Crippen LogP contribution in [-0.4, -0.2) is 20.6 Å². The van der Waals surface area contributed by atoms with Crippen molar-refractivity contribution in [3.63, 3.8) is 0 Å². The molecule has 0 spiro atoms. The van der Waals surface area contributed by atoms with Gasteiger partial charge in [0.25, 0.3) is 5.69 Å². The van der Waals surface area contributed by atoms with E-state index in [2.05, 4.69) is 10.4 Å². The van der Waals surface area contributed by atoms with Crippen LogP contribution >= 0.6 is 0 Å². The van der Waals surface area contributed by atoms with E-state index >= 15 is 0 Å². The molecule has 36 heavy (non-hydrogen) atoms. The first kappa shape index (κ1) is 25.2. The maximum absolute atomic E-state index is 13.2. The first-order valence-electron chi connectivity index (χ1n) is 11.4. The molecule has 1 N–H and O–H groups in total. The van der Waals surface area contributed by atoms with Gasteiger partial charge in [-0.05, 0) is 49.9 Å². The van der Waals surface area contributed by atoms with E-state index in [4.69, 9.17) is 4.74 Å². The van der Waals surface area contributed by atoms with Crippen LogP contribution in [0.2, 0.25) is 0 Å². The third-order valence-electron chi connectivity index (χ3n) is 5.93. The van der Waals surface area contributed by atoms with Crippen molar-refractivity contribution in [1.82, 2.24) is 9.78 Å². The number of benzene rings is 2. The Bertz CT molecular complexity index is 1320. The van der Waals surface area contributed by atoms with Crippen LogP contribution in [0.5, 0.6) is 11.5 Å². The largest absolute Gasteiger partial charge is 0.457 e. The van der Waals surface area contributed by atoms with Crippen LogP contribution < -0.4 is 10.1 Å². The normalized spacial score (nSPS) is 14.4. The van der Waals surface area contributed by atoms with Crippen molar-refractivity contribution in [2.45, 2.75) is 52.3 Å². The number of amides is 1. The lowest BCUT2D eigenvalue weighted by Crippen LogP contribution is -2.25. The molecule has 1 fully saturated rings. The van der Waals surface area contributed by atoms with Gasteiger partial charge in [-0.1, -0.05) is 19.1 Å². The fraction of sp³-hybridized carbons (Fsp3) is 0.360. The molecule has 0 aliphatic heterocycles. The molecule has 11 heteroatoms. The number of anilines is 1. The zero-order valence-electron chi connectivity index (χ0n) is 19.9. The molecule has 4 rings (SSSR count). The van der Waals surface area contributed by atoms with Crippen LogP contribution in [0.15, 0.2) is 42.5 Å². The quantitative estimate of drug-likeness (QED) is 0.285. The van der Waals surface area contributed by atoms with E-state index in [1.165, 1.54) is 22.9 Å². The van der Waals surface area contributed by atoms with Crippen LogP contribution in [0.1, 0.15) is 48.2 Å². The van der Waals surface area contributed by atoms with E-state index in [-0.39, 0.29) is 29.6 Å². The summed E-state index contributed by atoms with van der Waals surface area (Å²) in [6.45, 7) is 5.23. The summed E-state index contributed by atoms with van der Waals surface area (Å²) in [5.41, 5.74) is 1.11. The van der Waals surface area contributed by atoms with E-state index in [9.17, 15) is 28.1 Å². The summed E-state index contributed by atoms with van der Waals surface area (Å²) in [5, 5.41) is 17.8. The van der Waals surface area contributed by atoms with E-state index in [0.29, 0.717) is 11.4 Å². The predicted molar refractivity (Wildman–Crippen MR) is 126 cm³/mol. The monoisotopic (exact) mass is 502 g/mol. The number of alkyl halides is 3. The summed E-state index contributed by atoms with van der Waals surface area (Å²) in [5.74, 6) is -0.581. The van der Waals surface area contributed by atoms with Crippen LogP contribution in [-0.2, 0) is 17.5 Å². The molecule has 1 amide bonds. The van der Waals surface area contributed by atoms with Gasteiger partial charge in [-0.2, -0.15) is 18.3 Å². The maximum Gasteiger partial charge on any atom is 0.435 e. The molecule has 2 aromatic carbocycles. The Labute approximate surface area is 205 Å². The Balaban J connectivity index is 1.53. The molecule has 1 aliphatic rings. The number of nitrogens with one attached hydrogen (secondary N) is 1. The van der Waals surface area contributed by atoms with Crippen LogP contribution in [0, 0.1) is 29.9 Å². The number of aryl methyl sites for hydroxylation is 2. The molecule has 190 valence electrons. The maximum atomic E-state index is 13.2. The molecule has 8 nitrogen and oxygen atoms in total. The number of hydrogen-bond donors (Lipinski definition) is 1. The molecule has 1 aliphatic carbocycles. The number of rotatable bonds is 8. The highest BCUT2D eigenvalue weighted by Gasteiger charge is 2.38. The molecule has 0 bridgehead atoms. The molecule has 0 radical (unpaired) electrons. The fourth-order valence-electron chi connectivity index (χ4n) is 3.80. The Morgan fingerprint density at radius 3 is 2.58 bits per heavy atom. The van der Waals surface area contributed by atoms with Crippen molar-refractivity contribution in [3.05, 3.63) is 75.1 Å². The SMILES string of the molecule is Cc1ccc(C)c(Oc2cc(NC(=O)C(C)Cn3nc(C(F)(F)F)cc3C3CC3)cc([N+](=O)[O-])c2)c1. The van der Waals surface area contributed by atoms with Crippen LogP contribution in [0.4, 0.5) is 24.5 Å². The van der Waals surface area contributed by atoms with Gasteiger partial charge >= 0.3 is 6.18 Å². The molecule has 1 heterocycles. The zero-order chi connectivity index (χ0) is 26.2. The highest BCUT2D eigenvalue weighted by atomic mass is 19.4. The third-order valence-corrected chi connectivity index (χ3v) is 5.93. The van der Waals surface area contributed by atoms with Gasteiger partial charge in [-0.15, -0.1) is 0 Å². The molecule has 3 aromatic rings. The second kappa shape index (κ2) is 9.63. The topological polar surface area (TPSA) is 99.3 Å². The summed E-state index contributed by atoms with van der Waals surface area (Å²) in [7, 11) is 0. The standard InChI is InChI=1S/C25H25F3N4O4/c1-14-4-5-15(2)22(8-14)36-20-10-18(9-19(11-20)32(34)35)29-24(33)16(3)13-31-21(17-6-7-17)12-23(30-31)25(26,27)28/h4-5,8-12,16-17H,6-7,13H2,1-3H3,(H,29,33). The Morgan fingerprint density at radius 2 is 1.94 bits per heavy atom. The Morgan fingerprint density at radius 1 is 1.22 bits per heavy atom. The second-order valence-corrected chi connectivity index (χ2v) is 9.14. The summed E-state index contributed by atoms with van der Waals surface area (Å²) >= 11 is 0. The number of nitrogens with zero attached hydrogens (tertiary/aromatic N) is 3. The highest BCUT2D eigenvalue weighted by Crippen LogP contribution is 2.42. The first-order valence-corrected chi connectivity index (χ1v) is 11.4. The third kappa shape index (κ3) is 5.84. The first-order chi connectivity index (χ1) is 16.9. The molecule has 1 saturated carbocycles. The summed E-state index contributed by atoms with van der Waals surface area (Å²) < 4.78 is 46.6. The van der Waals surface area contributed by atoms with Crippen molar-refractivity contribution in [3.8, 4) is 11.5 Å². The number of carbonyl (C=O) groups is 1. The lowest BCUT2D eigenvalue weighted by molar-refractivity contribution is -0.384. The number of ether oxygens (including phenoxy) is 1. The van der Waals surface area contributed by atoms with Gasteiger partial charge in [-0.25, -0.2) is 0 Å². The Kier molecular flexibility index (Phi) is 6.75. The average Bonchev–Trinajstić information content (AvgIpc) is 3.54. The number of nitro benzene ring substituents is 1. The number of halogens is 3. The number of carbonyl (C=O) groups excluding carboxylic acids is 1. The molecule has 1 unspecified atom stereocenters. The molecular weight excluding hydrogens is 477 g/mol. The van der Waals surface area contributed by atoms with Crippen molar-refractivity contribution >= 4 is 17.3 Å². The van der Waals surface area contributed by atoms with E-state index in [1.807, 2.05) is 26.0 Å². The van der Waals surface area contributed by atoms with E-state index in [1.54, 1.807) is 13.0 Å². The van der Waals surface area contributed by atoms with Gasteiger partial charge in [0.15, 0.2) is 5.69 Å². The lowest BCUT2D eigenvalue weighted by Gasteiger charge is -2.15. The lowest BCUT2D eigenvalue weighted by atomic mass is 10.1. The molecule has 0 saturated heterocycles. The van der Waals surface area contributed by atoms with Gasteiger partial charge in [0.2, 0.25) is 5.91 Å². The Hall–Kier alpha value is -3.89. The number of nitro groups is 1. The van der Waals surface area contributed by atoms with E-state index < -0.39 is 28.6 Å². The van der Waals surface area contributed by atoms with Crippen LogP contribution in [0.3, 0.4) is 0 Å². The number of non-ortho nitro benzene ring substituents is 1. The van der Waals surface area contributed by atoms with Crippen LogP contribution in [0.25, 0.3) is 0 Å². The van der Waals surface area contributed by atoms with Crippen molar-refractivity contribution < 1.29 is 27.6 Å². The van der Waals surface area contributed by atoms with Gasteiger partial charge in [0.1, 0.15) is 11.5 Å². The highest BCUT2D eigenvalue weighted by molar-refractivity contribution is 5.92. The minimum atomic E-state index is -4.57. The van der Waals surface area contributed by atoms with Gasteiger partial charge < -0.3 is 10.1 Å². The molecule has 1 atom stereocenters. The van der Waals surface area contributed by atoms with Gasteiger partial charge in [0, 0.05) is 23.7 Å². The second-order valence-electron chi connectivity index (χ2n) is 9.14. The smallest absolute Gasteiger partial charge is 0.435 e. The summed E-state index contributed by atoms with van der Waals surface area (Å²) in [6, 6.07) is 10.5. The van der Waals surface area contributed by atoms with Gasteiger partial charge in [0.05, 0.1) is 29.1 Å². The summed E-state index contributed by atoms with van der Waals surface area (Å²) in [6.07, 6.45) is -3.02. The molecular formula is C25H25F3N4O4. The summed E-state index contributed by atoms with van der Waals surface area (Å²) in [4.78, 5) is 23.7. The van der Waals surface area contributed by atoms with Gasteiger partial charge in [-0.3, -0.25) is 19.6 Å². The number of hydrogen-bond acceptors (Lipinski definition) is 5. The average molecular weight is 502 g/mol. The predicted octanol–water partition coefficient (Wildman–Crippen LogP) is 6.37. The zero-order valence-corrected chi connectivity index (χ0v) is 19.9. The van der Waals surface area contributed by atoms with Crippen molar-refractivity contribution in [2.75, 3.05) is 5.32 Å². The van der Waals surface area contributed by atoms with E-state index in [0.717, 1.165) is 30.0 Å². The fourth-order valence-corrected chi connectivity index (χ4v) is 3.80. The minimum absolute atomic E-state index is 0.00502.